The first-order valence-electron chi connectivity index (χ1n) is 6.69. The first-order chi connectivity index (χ1) is 8.99. The van der Waals surface area contributed by atoms with Crippen LogP contribution in [0, 0.1) is 6.92 Å². The molecule has 0 radical (unpaired) electrons. The highest BCUT2D eigenvalue weighted by Gasteiger charge is 2.09. The quantitative estimate of drug-likeness (QED) is 0.819. The summed E-state index contributed by atoms with van der Waals surface area (Å²) in [4.78, 5) is 2.21. The van der Waals surface area contributed by atoms with Crippen molar-refractivity contribution in [3.05, 3.63) is 53.6 Å². The fraction of sp³-hybridized carbons (Fsp3) is 0.294. The highest BCUT2D eigenvalue weighted by Crippen LogP contribution is 2.30. The molecule has 0 aromatic heterocycles. The molecule has 0 fully saturated rings. The molecule has 0 saturated heterocycles. The number of nitrogens with two attached hydrogens (primary N) is 1. The van der Waals surface area contributed by atoms with E-state index in [1.54, 1.807) is 0 Å². The van der Waals surface area contributed by atoms with E-state index in [0.29, 0.717) is 5.92 Å². The molecular formula is C17H22N2. The predicted molar refractivity (Wildman–Crippen MR) is 84.2 cm³/mol. The van der Waals surface area contributed by atoms with Gasteiger partial charge in [-0.05, 0) is 54.3 Å². The Balaban J connectivity index is 2.40. The lowest BCUT2D eigenvalue weighted by Crippen LogP contribution is -2.11. The van der Waals surface area contributed by atoms with Crippen molar-refractivity contribution in [2.75, 3.05) is 17.7 Å². The Bertz CT molecular complexity index is 556. The second-order valence-corrected chi connectivity index (χ2v) is 5.35. The summed E-state index contributed by atoms with van der Waals surface area (Å²) in [6.45, 7) is 6.59. The third-order valence-corrected chi connectivity index (χ3v) is 3.54. The van der Waals surface area contributed by atoms with Crippen LogP contribution >= 0.6 is 0 Å². The summed E-state index contributed by atoms with van der Waals surface area (Å²) in [5, 5.41) is 0. The van der Waals surface area contributed by atoms with Gasteiger partial charge in [-0.1, -0.05) is 26.0 Å². The van der Waals surface area contributed by atoms with Crippen molar-refractivity contribution in [1.29, 1.82) is 0 Å². The number of nitrogens with zero attached hydrogens (tertiary/aromatic N) is 1. The summed E-state index contributed by atoms with van der Waals surface area (Å²) in [7, 11) is 2.10. The van der Waals surface area contributed by atoms with Gasteiger partial charge in [-0.15, -0.1) is 0 Å². The molecule has 0 aliphatic carbocycles. The van der Waals surface area contributed by atoms with Crippen molar-refractivity contribution in [2.45, 2.75) is 26.7 Å². The van der Waals surface area contributed by atoms with E-state index in [1.807, 2.05) is 12.1 Å². The largest absolute Gasteiger partial charge is 0.399 e. The van der Waals surface area contributed by atoms with Gasteiger partial charge in [0.05, 0.1) is 0 Å². The molecule has 2 heteroatoms. The molecule has 0 bridgehead atoms. The van der Waals surface area contributed by atoms with E-state index in [0.717, 1.165) is 11.4 Å². The van der Waals surface area contributed by atoms with E-state index >= 15 is 0 Å². The van der Waals surface area contributed by atoms with Crippen LogP contribution in [0.25, 0.3) is 0 Å². The SMILES string of the molecule is Cc1ccc(C(C)C)cc1N(C)c1ccc(N)cc1. The van der Waals surface area contributed by atoms with Gasteiger partial charge in [0.2, 0.25) is 0 Å². The molecule has 0 amide bonds. The lowest BCUT2D eigenvalue weighted by molar-refractivity contribution is 0.865. The number of aryl methyl sites for hydroxylation is 1. The molecule has 2 aromatic carbocycles. The third-order valence-electron chi connectivity index (χ3n) is 3.54. The maximum atomic E-state index is 5.74. The summed E-state index contributed by atoms with van der Waals surface area (Å²) >= 11 is 0. The highest BCUT2D eigenvalue weighted by atomic mass is 15.1. The van der Waals surface area contributed by atoms with Crippen molar-refractivity contribution in [3.8, 4) is 0 Å². The molecule has 0 spiro atoms. The van der Waals surface area contributed by atoms with Crippen molar-refractivity contribution >= 4 is 17.1 Å². The minimum atomic E-state index is 0.541. The Morgan fingerprint density at radius 1 is 1.00 bits per heavy atom. The molecule has 19 heavy (non-hydrogen) atoms. The normalized spacial score (nSPS) is 10.8. The molecule has 2 nitrogen and oxygen atoms in total. The first kappa shape index (κ1) is 13.5. The second kappa shape index (κ2) is 5.35. The fourth-order valence-corrected chi connectivity index (χ4v) is 2.18. The van der Waals surface area contributed by atoms with Gasteiger partial charge in [0.25, 0.3) is 0 Å². The second-order valence-electron chi connectivity index (χ2n) is 5.35. The van der Waals surface area contributed by atoms with Crippen LogP contribution in [0.4, 0.5) is 17.1 Å². The van der Waals surface area contributed by atoms with Gasteiger partial charge in [0.1, 0.15) is 0 Å². The lowest BCUT2D eigenvalue weighted by atomic mass is 10.00. The number of rotatable bonds is 3. The summed E-state index contributed by atoms with van der Waals surface area (Å²) in [5.41, 5.74) is 11.6. The Morgan fingerprint density at radius 3 is 2.21 bits per heavy atom. The Morgan fingerprint density at radius 2 is 1.63 bits per heavy atom. The molecule has 2 N–H and O–H groups in total. The predicted octanol–water partition coefficient (Wildman–Crippen LogP) is 4.47. The van der Waals surface area contributed by atoms with E-state index in [4.69, 9.17) is 5.73 Å². The van der Waals surface area contributed by atoms with Crippen LogP contribution in [-0.2, 0) is 0 Å². The molecular weight excluding hydrogens is 232 g/mol. The van der Waals surface area contributed by atoms with E-state index in [1.165, 1.54) is 16.8 Å². The maximum Gasteiger partial charge on any atom is 0.0440 e. The number of hydrogen-bond acceptors (Lipinski definition) is 2. The Labute approximate surface area is 115 Å². The molecule has 0 aliphatic heterocycles. The zero-order valence-corrected chi connectivity index (χ0v) is 12.1. The van der Waals surface area contributed by atoms with Crippen LogP contribution in [-0.4, -0.2) is 7.05 Å². The van der Waals surface area contributed by atoms with Crippen LogP contribution in [0.1, 0.15) is 30.9 Å². The average Bonchev–Trinajstić information content (AvgIpc) is 2.39. The third kappa shape index (κ3) is 2.90. The first-order valence-corrected chi connectivity index (χ1v) is 6.69. The van der Waals surface area contributed by atoms with Gasteiger partial charge >= 0.3 is 0 Å². The van der Waals surface area contributed by atoms with Crippen molar-refractivity contribution in [2.24, 2.45) is 0 Å². The molecule has 2 aromatic rings. The minimum absolute atomic E-state index is 0.541. The Hall–Kier alpha value is -1.96. The van der Waals surface area contributed by atoms with E-state index < -0.39 is 0 Å². The molecule has 0 atom stereocenters. The van der Waals surface area contributed by atoms with Gasteiger partial charge in [-0.25, -0.2) is 0 Å². The van der Waals surface area contributed by atoms with Crippen LogP contribution < -0.4 is 10.6 Å². The van der Waals surface area contributed by atoms with E-state index in [-0.39, 0.29) is 0 Å². The summed E-state index contributed by atoms with van der Waals surface area (Å²) in [5.74, 6) is 0.541. The van der Waals surface area contributed by atoms with E-state index in [9.17, 15) is 0 Å². The van der Waals surface area contributed by atoms with Gasteiger partial charge in [0, 0.05) is 24.1 Å². The van der Waals surface area contributed by atoms with Gasteiger partial charge in [-0.2, -0.15) is 0 Å². The standard InChI is InChI=1S/C17H22N2/c1-12(2)14-6-5-13(3)17(11-14)19(4)16-9-7-15(18)8-10-16/h5-12H,18H2,1-4H3. The van der Waals surface area contributed by atoms with Crippen molar-refractivity contribution < 1.29 is 0 Å². The highest BCUT2D eigenvalue weighted by molar-refractivity contribution is 5.67. The molecule has 0 heterocycles. The fourth-order valence-electron chi connectivity index (χ4n) is 2.18. The van der Waals surface area contributed by atoms with Gasteiger partial charge in [0.15, 0.2) is 0 Å². The van der Waals surface area contributed by atoms with E-state index in [2.05, 4.69) is 63.1 Å². The number of nitrogen functional groups attached to an aromatic ring is 1. The zero-order valence-electron chi connectivity index (χ0n) is 12.1. The van der Waals surface area contributed by atoms with Gasteiger partial charge in [-0.3, -0.25) is 0 Å². The summed E-state index contributed by atoms with van der Waals surface area (Å²) in [6, 6.07) is 14.7. The smallest absolute Gasteiger partial charge is 0.0440 e. The topological polar surface area (TPSA) is 29.3 Å². The molecule has 2 rings (SSSR count). The molecule has 100 valence electrons. The Kier molecular flexibility index (Phi) is 3.79. The van der Waals surface area contributed by atoms with Crippen molar-refractivity contribution in [1.82, 2.24) is 0 Å². The summed E-state index contributed by atoms with van der Waals surface area (Å²) in [6.07, 6.45) is 0. The minimum Gasteiger partial charge on any atom is -0.399 e. The molecule has 0 aliphatic rings. The van der Waals surface area contributed by atoms with Crippen LogP contribution in [0.3, 0.4) is 0 Å². The molecule has 0 unspecified atom stereocenters. The monoisotopic (exact) mass is 254 g/mol. The van der Waals surface area contributed by atoms with Gasteiger partial charge < -0.3 is 10.6 Å². The average molecular weight is 254 g/mol. The molecule has 0 saturated carbocycles. The zero-order chi connectivity index (χ0) is 14.0. The van der Waals surface area contributed by atoms with Crippen molar-refractivity contribution in [3.63, 3.8) is 0 Å². The summed E-state index contributed by atoms with van der Waals surface area (Å²) < 4.78 is 0. The number of benzene rings is 2. The van der Waals surface area contributed by atoms with Crippen LogP contribution in [0.15, 0.2) is 42.5 Å². The number of anilines is 3. The van der Waals surface area contributed by atoms with Crippen LogP contribution in [0.5, 0.6) is 0 Å². The lowest BCUT2D eigenvalue weighted by Gasteiger charge is -2.23. The maximum absolute atomic E-state index is 5.74. The van der Waals surface area contributed by atoms with Crippen LogP contribution in [0.2, 0.25) is 0 Å². The number of hydrogen-bond donors (Lipinski definition) is 1.